The fourth-order valence-electron chi connectivity index (χ4n) is 4.16. The monoisotopic (exact) mass is 348 g/mol. The minimum atomic E-state index is -1.59. The maximum atomic E-state index is 14.4. The van der Waals surface area contributed by atoms with Crippen LogP contribution in [0.1, 0.15) is 44.9 Å². The van der Waals surface area contributed by atoms with Gasteiger partial charge < -0.3 is 15.0 Å². The van der Waals surface area contributed by atoms with E-state index in [1.165, 1.54) is 0 Å². The van der Waals surface area contributed by atoms with Crippen LogP contribution in [-0.2, 0) is 9.53 Å². The molecule has 1 N–H and O–H groups in total. The topological polar surface area (TPSA) is 67.4 Å². The number of halogens is 1. The Kier molecular flexibility index (Phi) is 4.35. The molecule has 6 nitrogen and oxygen atoms in total. The molecule has 0 bridgehead atoms. The van der Waals surface area contributed by atoms with Gasteiger partial charge in [-0.25, -0.2) is 14.4 Å². The van der Waals surface area contributed by atoms with Gasteiger partial charge >= 0.3 is 0 Å². The number of ether oxygens (including phenoxy) is 1. The van der Waals surface area contributed by atoms with Crippen LogP contribution in [-0.4, -0.2) is 57.8 Å². The molecule has 4 rings (SSSR count). The molecule has 1 unspecified atom stereocenters. The van der Waals surface area contributed by atoms with Crippen LogP contribution in [0.5, 0.6) is 0 Å². The standard InChI is InChI=1S/C18H25FN4O2/c19-18(4-1-5-18)15(24)23-10-6-17(7-11-23)13-14(3-12-25-17)22-16-20-8-2-9-21-16/h2,8-9,14H,1,3-7,10-13H2,(H,20,21,22). The smallest absolute Gasteiger partial charge is 0.260 e. The minimum absolute atomic E-state index is 0.218. The maximum absolute atomic E-state index is 14.4. The van der Waals surface area contributed by atoms with Crippen molar-refractivity contribution in [2.75, 3.05) is 25.0 Å². The minimum Gasteiger partial charge on any atom is -0.375 e. The summed E-state index contributed by atoms with van der Waals surface area (Å²) in [6, 6.07) is 2.06. The first-order chi connectivity index (χ1) is 12.1. The van der Waals surface area contributed by atoms with E-state index in [1.807, 2.05) is 0 Å². The Labute approximate surface area is 147 Å². The highest BCUT2D eigenvalue weighted by Crippen LogP contribution is 2.40. The van der Waals surface area contributed by atoms with Crippen molar-refractivity contribution >= 4 is 11.9 Å². The molecule has 7 heteroatoms. The van der Waals surface area contributed by atoms with Crippen LogP contribution in [0.15, 0.2) is 18.5 Å². The first kappa shape index (κ1) is 16.7. The molecule has 1 aliphatic carbocycles. The molecule has 1 atom stereocenters. The van der Waals surface area contributed by atoms with Crippen molar-refractivity contribution in [1.29, 1.82) is 0 Å². The summed E-state index contributed by atoms with van der Waals surface area (Å²) in [5, 5.41) is 3.39. The molecule has 3 aliphatic rings. The third-order valence-electron chi connectivity index (χ3n) is 5.88. The number of nitrogens with one attached hydrogen (secondary N) is 1. The fourth-order valence-corrected chi connectivity index (χ4v) is 4.16. The molecule has 1 saturated carbocycles. The number of rotatable bonds is 3. The third kappa shape index (κ3) is 3.34. The number of hydrogen-bond donors (Lipinski definition) is 1. The molecule has 2 aliphatic heterocycles. The zero-order valence-corrected chi connectivity index (χ0v) is 14.4. The van der Waals surface area contributed by atoms with Gasteiger partial charge in [0.2, 0.25) is 5.95 Å². The highest BCUT2D eigenvalue weighted by Gasteiger charge is 2.49. The van der Waals surface area contributed by atoms with Crippen molar-refractivity contribution in [3.63, 3.8) is 0 Å². The molecule has 1 spiro atoms. The molecule has 25 heavy (non-hydrogen) atoms. The second kappa shape index (κ2) is 6.52. The summed E-state index contributed by atoms with van der Waals surface area (Å²) in [5.41, 5.74) is -1.81. The van der Waals surface area contributed by atoms with E-state index in [0.717, 1.165) is 32.1 Å². The van der Waals surface area contributed by atoms with E-state index in [-0.39, 0.29) is 17.6 Å². The van der Waals surface area contributed by atoms with Crippen LogP contribution in [0.4, 0.5) is 10.3 Å². The lowest BCUT2D eigenvalue weighted by Crippen LogP contribution is -2.57. The van der Waals surface area contributed by atoms with E-state index < -0.39 is 5.67 Å². The second-order valence-electron chi connectivity index (χ2n) is 7.55. The zero-order chi connectivity index (χ0) is 17.3. The molecule has 3 heterocycles. The van der Waals surface area contributed by atoms with E-state index in [9.17, 15) is 9.18 Å². The van der Waals surface area contributed by atoms with Crippen molar-refractivity contribution < 1.29 is 13.9 Å². The van der Waals surface area contributed by atoms with Gasteiger partial charge in [-0.15, -0.1) is 0 Å². The summed E-state index contributed by atoms with van der Waals surface area (Å²) in [5.74, 6) is 0.332. The summed E-state index contributed by atoms with van der Waals surface area (Å²) in [6.45, 7) is 1.85. The van der Waals surface area contributed by atoms with Crippen molar-refractivity contribution in [2.24, 2.45) is 0 Å². The number of nitrogens with zero attached hydrogens (tertiary/aromatic N) is 3. The Morgan fingerprint density at radius 1 is 1.24 bits per heavy atom. The summed E-state index contributed by atoms with van der Waals surface area (Å²) in [7, 11) is 0. The molecule has 1 aromatic rings. The number of amides is 1. The summed E-state index contributed by atoms with van der Waals surface area (Å²) in [6.07, 6.45) is 8.34. The average Bonchev–Trinajstić information content (AvgIpc) is 2.61. The number of piperidine rings is 1. The first-order valence-electron chi connectivity index (χ1n) is 9.25. The van der Waals surface area contributed by atoms with Gasteiger partial charge in [0.05, 0.1) is 5.60 Å². The Bertz CT molecular complexity index is 615. The molecule has 3 fully saturated rings. The lowest BCUT2D eigenvalue weighted by atomic mass is 9.78. The van der Waals surface area contributed by atoms with Gasteiger partial charge in [0.15, 0.2) is 5.67 Å². The predicted molar refractivity (Wildman–Crippen MR) is 90.9 cm³/mol. The first-order valence-corrected chi connectivity index (χ1v) is 9.25. The van der Waals surface area contributed by atoms with Crippen molar-refractivity contribution in [1.82, 2.24) is 14.9 Å². The van der Waals surface area contributed by atoms with Gasteiger partial charge in [-0.05, 0) is 51.0 Å². The van der Waals surface area contributed by atoms with Gasteiger partial charge in [0.25, 0.3) is 5.91 Å². The summed E-state index contributed by atoms with van der Waals surface area (Å²) >= 11 is 0. The van der Waals surface area contributed by atoms with Gasteiger partial charge in [-0.2, -0.15) is 0 Å². The number of anilines is 1. The fraction of sp³-hybridized carbons (Fsp3) is 0.722. The lowest BCUT2D eigenvalue weighted by molar-refractivity contribution is -0.159. The van der Waals surface area contributed by atoms with E-state index in [0.29, 0.717) is 38.5 Å². The van der Waals surface area contributed by atoms with E-state index >= 15 is 0 Å². The van der Waals surface area contributed by atoms with E-state index in [4.69, 9.17) is 4.74 Å². The normalized spacial score (nSPS) is 27.6. The Balaban J connectivity index is 1.34. The highest BCUT2D eigenvalue weighted by molar-refractivity contribution is 5.86. The molecule has 1 amide bonds. The van der Waals surface area contributed by atoms with Crippen LogP contribution in [0.25, 0.3) is 0 Å². The van der Waals surface area contributed by atoms with Gasteiger partial charge in [-0.1, -0.05) is 0 Å². The van der Waals surface area contributed by atoms with Gasteiger partial charge in [0, 0.05) is 38.1 Å². The Hall–Kier alpha value is -1.76. The van der Waals surface area contributed by atoms with Crippen LogP contribution in [0.3, 0.4) is 0 Å². The number of hydrogen-bond acceptors (Lipinski definition) is 5. The number of carbonyl (C=O) groups excluding carboxylic acids is 1. The Morgan fingerprint density at radius 2 is 1.96 bits per heavy atom. The molecule has 2 saturated heterocycles. The number of carbonyl (C=O) groups is 1. The van der Waals surface area contributed by atoms with Crippen molar-refractivity contribution in [3.8, 4) is 0 Å². The molecule has 0 aromatic carbocycles. The average molecular weight is 348 g/mol. The van der Waals surface area contributed by atoms with Gasteiger partial charge in [0.1, 0.15) is 0 Å². The van der Waals surface area contributed by atoms with E-state index in [1.54, 1.807) is 23.4 Å². The van der Waals surface area contributed by atoms with Gasteiger partial charge in [-0.3, -0.25) is 4.79 Å². The Morgan fingerprint density at radius 3 is 2.60 bits per heavy atom. The second-order valence-corrected chi connectivity index (χ2v) is 7.55. The number of alkyl halides is 1. The van der Waals surface area contributed by atoms with Crippen LogP contribution >= 0.6 is 0 Å². The number of aromatic nitrogens is 2. The van der Waals surface area contributed by atoms with E-state index in [2.05, 4.69) is 15.3 Å². The largest absolute Gasteiger partial charge is 0.375 e. The van der Waals surface area contributed by atoms with Crippen molar-refractivity contribution in [3.05, 3.63) is 18.5 Å². The third-order valence-corrected chi connectivity index (χ3v) is 5.88. The SMILES string of the molecule is O=C(N1CCC2(CC1)CC(Nc1ncccn1)CCO2)C1(F)CCC1. The predicted octanol–water partition coefficient (Wildman–Crippen LogP) is 2.32. The van der Waals surface area contributed by atoms with Crippen LogP contribution in [0, 0.1) is 0 Å². The van der Waals surface area contributed by atoms with Crippen LogP contribution < -0.4 is 5.32 Å². The van der Waals surface area contributed by atoms with Crippen molar-refractivity contribution in [2.45, 2.75) is 62.3 Å². The maximum Gasteiger partial charge on any atom is 0.260 e. The molecule has 1 aromatic heterocycles. The zero-order valence-electron chi connectivity index (χ0n) is 14.4. The molecule has 136 valence electrons. The summed E-state index contributed by atoms with van der Waals surface area (Å²) < 4.78 is 20.5. The molecular weight excluding hydrogens is 323 g/mol. The quantitative estimate of drug-likeness (QED) is 0.908. The number of likely N-dealkylation sites (tertiary alicyclic amines) is 1. The van der Waals surface area contributed by atoms with Crippen LogP contribution in [0.2, 0.25) is 0 Å². The lowest BCUT2D eigenvalue weighted by Gasteiger charge is -2.47. The molecule has 0 radical (unpaired) electrons. The molecular formula is C18H25FN4O2. The highest BCUT2D eigenvalue weighted by atomic mass is 19.1. The summed E-state index contributed by atoms with van der Waals surface area (Å²) in [4.78, 5) is 22.5.